The largest absolute Gasteiger partial charge is 0.493 e. The highest BCUT2D eigenvalue weighted by atomic mass is 19.3. The van der Waals surface area contributed by atoms with Gasteiger partial charge in [-0.25, -0.2) is 8.78 Å². The summed E-state index contributed by atoms with van der Waals surface area (Å²) in [5.74, 6) is -2.19. The minimum absolute atomic E-state index is 0.210. The van der Waals surface area contributed by atoms with Crippen LogP contribution in [0.5, 0.6) is 11.5 Å². The summed E-state index contributed by atoms with van der Waals surface area (Å²) < 4.78 is 37.5. The first-order chi connectivity index (χ1) is 13.0. The fourth-order valence-corrected chi connectivity index (χ4v) is 2.80. The first-order valence-corrected chi connectivity index (χ1v) is 8.54. The summed E-state index contributed by atoms with van der Waals surface area (Å²) in [4.78, 5) is 16.1. The number of carbonyl (C=O) groups excluding carboxylic acids is 1. The van der Waals surface area contributed by atoms with Gasteiger partial charge in [0.1, 0.15) is 6.61 Å². The molecule has 1 aromatic carbocycles. The topological polar surface area (TPSA) is 72.5 Å². The molecule has 1 amide bonds. The fourth-order valence-electron chi connectivity index (χ4n) is 2.80. The van der Waals surface area contributed by atoms with Gasteiger partial charge < -0.3 is 14.8 Å². The van der Waals surface area contributed by atoms with E-state index in [1.165, 1.54) is 7.11 Å². The van der Waals surface area contributed by atoms with E-state index in [1.807, 2.05) is 12.1 Å². The van der Waals surface area contributed by atoms with Crippen molar-refractivity contribution in [1.82, 2.24) is 15.6 Å². The summed E-state index contributed by atoms with van der Waals surface area (Å²) in [5, 5.41) is 5.20. The minimum atomic E-state index is -2.83. The predicted molar refractivity (Wildman–Crippen MR) is 94.8 cm³/mol. The molecule has 1 unspecified atom stereocenters. The van der Waals surface area contributed by atoms with Gasteiger partial charge >= 0.3 is 0 Å². The zero-order valence-corrected chi connectivity index (χ0v) is 14.9. The van der Waals surface area contributed by atoms with Gasteiger partial charge in [-0.3, -0.25) is 15.1 Å². The Bertz CT molecular complexity index is 787. The molecule has 0 spiro atoms. The summed E-state index contributed by atoms with van der Waals surface area (Å²) in [7, 11) is 1.53. The van der Waals surface area contributed by atoms with E-state index in [-0.39, 0.29) is 6.54 Å². The van der Waals surface area contributed by atoms with Crippen LogP contribution in [0.15, 0.2) is 42.7 Å². The van der Waals surface area contributed by atoms with E-state index >= 15 is 0 Å². The lowest BCUT2D eigenvalue weighted by molar-refractivity contribution is -0.123. The first kappa shape index (κ1) is 19.0. The van der Waals surface area contributed by atoms with Crippen molar-refractivity contribution in [2.75, 3.05) is 13.7 Å². The van der Waals surface area contributed by atoms with Crippen molar-refractivity contribution in [1.29, 1.82) is 0 Å². The number of rotatable bonds is 7. The van der Waals surface area contributed by atoms with Crippen LogP contribution in [0.4, 0.5) is 8.78 Å². The maximum atomic E-state index is 13.2. The Morgan fingerprint density at radius 3 is 2.85 bits per heavy atom. The zero-order chi connectivity index (χ0) is 19.3. The van der Waals surface area contributed by atoms with Gasteiger partial charge in [-0.2, -0.15) is 0 Å². The van der Waals surface area contributed by atoms with Crippen LogP contribution >= 0.6 is 0 Å². The lowest BCUT2D eigenvalue weighted by Gasteiger charge is -2.14. The van der Waals surface area contributed by atoms with E-state index in [0.717, 1.165) is 11.1 Å². The summed E-state index contributed by atoms with van der Waals surface area (Å²) in [5.41, 5.74) is 1.70. The van der Waals surface area contributed by atoms with Crippen LogP contribution in [0.3, 0.4) is 0 Å². The van der Waals surface area contributed by atoms with Gasteiger partial charge in [0.25, 0.3) is 5.92 Å². The Morgan fingerprint density at radius 2 is 2.19 bits per heavy atom. The lowest BCUT2D eigenvalue weighted by Crippen LogP contribution is -2.40. The second kappa shape index (κ2) is 8.30. The SMILES string of the molecule is COc1cc(CNC(=O)C2CC(F)(F)CN2)ccc1OCc1cccnc1. The number of benzene rings is 1. The smallest absolute Gasteiger partial charge is 0.262 e. The number of hydrogen-bond acceptors (Lipinski definition) is 5. The average molecular weight is 377 g/mol. The van der Waals surface area contributed by atoms with Gasteiger partial charge in [0.2, 0.25) is 5.91 Å². The molecular weight excluding hydrogens is 356 g/mol. The molecule has 144 valence electrons. The van der Waals surface area contributed by atoms with Crippen LogP contribution in [0, 0.1) is 0 Å². The quantitative estimate of drug-likeness (QED) is 0.775. The molecule has 6 nitrogen and oxygen atoms in total. The van der Waals surface area contributed by atoms with Gasteiger partial charge in [-0.1, -0.05) is 12.1 Å². The summed E-state index contributed by atoms with van der Waals surface area (Å²) in [6, 6.07) is 8.15. The van der Waals surface area contributed by atoms with Crippen LogP contribution in [-0.2, 0) is 17.9 Å². The highest BCUT2D eigenvalue weighted by Gasteiger charge is 2.42. The van der Waals surface area contributed by atoms with Gasteiger partial charge in [0.05, 0.1) is 19.7 Å². The number of hydrogen-bond donors (Lipinski definition) is 2. The predicted octanol–water partition coefficient (Wildman–Crippen LogP) is 2.28. The monoisotopic (exact) mass is 377 g/mol. The van der Waals surface area contributed by atoms with E-state index in [0.29, 0.717) is 18.1 Å². The summed E-state index contributed by atoms with van der Waals surface area (Å²) in [6.07, 6.45) is 2.93. The molecule has 1 aliphatic rings. The van der Waals surface area contributed by atoms with Gasteiger partial charge in [-0.15, -0.1) is 0 Å². The third kappa shape index (κ3) is 5.13. The van der Waals surface area contributed by atoms with E-state index in [1.54, 1.807) is 30.6 Å². The van der Waals surface area contributed by atoms with Crippen LogP contribution in [-0.4, -0.2) is 36.5 Å². The van der Waals surface area contributed by atoms with Crippen molar-refractivity contribution >= 4 is 5.91 Å². The third-order valence-electron chi connectivity index (χ3n) is 4.24. The Labute approximate surface area is 155 Å². The number of alkyl halides is 2. The molecule has 3 rings (SSSR count). The number of amides is 1. The molecule has 0 aliphatic carbocycles. The Hall–Kier alpha value is -2.74. The Kier molecular flexibility index (Phi) is 5.85. The minimum Gasteiger partial charge on any atom is -0.493 e. The van der Waals surface area contributed by atoms with Gasteiger partial charge in [-0.05, 0) is 23.8 Å². The second-order valence-electron chi connectivity index (χ2n) is 6.35. The number of ether oxygens (including phenoxy) is 2. The van der Waals surface area contributed by atoms with E-state index in [2.05, 4.69) is 15.6 Å². The summed E-state index contributed by atoms with van der Waals surface area (Å²) >= 11 is 0. The van der Waals surface area contributed by atoms with E-state index in [9.17, 15) is 13.6 Å². The van der Waals surface area contributed by atoms with Gasteiger partial charge in [0.15, 0.2) is 11.5 Å². The molecule has 1 aliphatic heterocycles. The van der Waals surface area contributed by atoms with Crippen LogP contribution < -0.4 is 20.1 Å². The lowest BCUT2D eigenvalue weighted by atomic mass is 10.1. The van der Waals surface area contributed by atoms with Crippen molar-refractivity contribution in [2.24, 2.45) is 0 Å². The van der Waals surface area contributed by atoms with Crippen LogP contribution in [0.25, 0.3) is 0 Å². The van der Waals surface area contributed by atoms with Crippen LogP contribution in [0.2, 0.25) is 0 Å². The molecule has 8 heteroatoms. The molecule has 1 fully saturated rings. The standard InChI is InChI=1S/C19H21F2N3O3/c1-26-17-7-13(10-23-18(25)15-8-19(20,21)12-24-15)4-5-16(17)27-11-14-3-2-6-22-9-14/h2-7,9,15,24H,8,10-12H2,1H3,(H,23,25). The van der Waals surface area contributed by atoms with E-state index in [4.69, 9.17) is 9.47 Å². The first-order valence-electron chi connectivity index (χ1n) is 8.54. The van der Waals surface area contributed by atoms with Crippen molar-refractivity contribution < 1.29 is 23.0 Å². The number of aromatic nitrogens is 1. The van der Waals surface area contributed by atoms with Crippen molar-refractivity contribution in [3.8, 4) is 11.5 Å². The molecular formula is C19H21F2N3O3. The zero-order valence-electron chi connectivity index (χ0n) is 14.9. The number of pyridine rings is 1. The van der Waals surface area contributed by atoms with Gasteiger partial charge in [0, 0.05) is 30.9 Å². The number of nitrogens with zero attached hydrogens (tertiary/aromatic N) is 1. The molecule has 0 radical (unpaired) electrons. The highest BCUT2D eigenvalue weighted by Crippen LogP contribution is 2.29. The molecule has 1 atom stereocenters. The molecule has 0 saturated carbocycles. The molecule has 2 N–H and O–H groups in total. The molecule has 2 aromatic rings. The van der Waals surface area contributed by atoms with Crippen molar-refractivity contribution in [3.05, 3.63) is 53.9 Å². The Morgan fingerprint density at radius 1 is 1.33 bits per heavy atom. The van der Waals surface area contributed by atoms with E-state index < -0.39 is 30.8 Å². The van der Waals surface area contributed by atoms with Crippen molar-refractivity contribution in [3.63, 3.8) is 0 Å². The number of nitrogens with one attached hydrogen (secondary N) is 2. The molecule has 0 bridgehead atoms. The highest BCUT2D eigenvalue weighted by molar-refractivity contribution is 5.82. The summed E-state index contributed by atoms with van der Waals surface area (Å²) in [6.45, 7) is 0.0888. The number of methoxy groups -OCH3 is 1. The van der Waals surface area contributed by atoms with Crippen molar-refractivity contribution in [2.45, 2.75) is 31.5 Å². The molecule has 2 heterocycles. The number of carbonyl (C=O) groups is 1. The van der Waals surface area contributed by atoms with Crippen LogP contribution in [0.1, 0.15) is 17.5 Å². The fraction of sp³-hybridized carbons (Fsp3) is 0.368. The molecule has 1 aromatic heterocycles. The molecule has 27 heavy (non-hydrogen) atoms. The average Bonchev–Trinajstić information content (AvgIpc) is 3.05. The molecule has 1 saturated heterocycles. The normalized spacial score (nSPS) is 18.1. The maximum Gasteiger partial charge on any atom is 0.262 e. The third-order valence-corrected chi connectivity index (χ3v) is 4.24. The maximum absolute atomic E-state index is 13.2. The number of halogens is 2. The second-order valence-corrected chi connectivity index (χ2v) is 6.35. The Balaban J connectivity index is 1.56.